The van der Waals surface area contributed by atoms with Crippen LogP contribution in [0.4, 0.5) is 5.69 Å². The number of benzene rings is 1. The SMILES string of the molecule is Cc1nnc2n1C1=C(CC(Cl)(Cl)C=C1)N(c1ccccc1)C(=O)C2CCCN. The van der Waals surface area contributed by atoms with Gasteiger partial charge >= 0.3 is 0 Å². The number of halogens is 2. The van der Waals surface area contributed by atoms with Crippen molar-refractivity contribution in [2.45, 2.75) is 36.4 Å². The van der Waals surface area contributed by atoms with Crippen molar-refractivity contribution in [3.8, 4) is 0 Å². The van der Waals surface area contributed by atoms with Gasteiger partial charge in [-0.05, 0) is 50.6 Å². The molecule has 0 fully saturated rings. The van der Waals surface area contributed by atoms with Crippen LogP contribution in [-0.2, 0) is 4.79 Å². The summed E-state index contributed by atoms with van der Waals surface area (Å²) < 4.78 is 0.849. The number of carbonyl (C=O) groups excluding carboxylic acids is 1. The van der Waals surface area contributed by atoms with E-state index in [2.05, 4.69) is 10.2 Å². The number of nitrogens with zero attached hydrogens (tertiary/aromatic N) is 4. The van der Waals surface area contributed by atoms with Crippen LogP contribution >= 0.6 is 23.2 Å². The molecular weight excluding hydrogens is 397 g/mol. The molecule has 4 rings (SSSR count). The van der Waals surface area contributed by atoms with Crippen molar-refractivity contribution in [3.05, 3.63) is 59.8 Å². The summed E-state index contributed by atoms with van der Waals surface area (Å²) in [6, 6.07) is 9.54. The fraction of sp³-hybridized carbons (Fsp3) is 0.350. The number of aryl methyl sites for hydroxylation is 1. The van der Waals surface area contributed by atoms with E-state index in [-0.39, 0.29) is 5.91 Å². The Morgan fingerprint density at radius 2 is 2.00 bits per heavy atom. The van der Waals surface area contributed by atoms with Crippen LogP contribution in [0.5, 0.6) is 0 Å². The molecule has 2 aliphatic rings. The van der Waals surface area contributed by atoms with Gasteiger partial charge in [-0.1, -0.05) is 41.4 Å². The van der Waals surface area contributed by atoms with Gasteiger partial charge in [0.25, 0.3) is 0 Å². The maximum absolute atomic E-state index is 13.7. The molecule has 1 aliphatic carbocycles. The number of alkyl halides is 2. The normalized spacial score (nSPS) is 20.8. The van der Waals surface area contributed by atoms with Gasteiger partial charge in [0, 0.05) is 12.1 Å². The van der Waals surface area contributed by atoms with E-state index in [1.54, 1.807) is 11.0 Å². The molecule has 0 bridgehead atoms. The summed E-state index contributed by atoms with van der Waals surface area (Å²) in [4.78, 5) is 15.5. The van der Waals surface area contributed by atoms with Crippen molar-refractivity contribution in [1.29, 1.82) is 0 Å². The van der Waals surface area contributed by atoms with Gasteiger partial charge in [-0.3, -0.25) is 14.3 Å². The predicted octanol–water partition coefficient (Wildman–Crippen LogP) is 3.76. The largest absolute Gasteiger partial charge is 0.330 e. The summed E-state index contributed by atoms with van der Waals surface area (Å²) in [5, 5.41) is 8.58. The summed E-state index contributed by atoms with van der Waals surface area (Å²) in [5.41, 5.74) is 8.06. The summed E-state index contributed by atoms with van der Waals surface area (Å²) >= 11 is 12.9. The summed E-state index contributed by atoms with van der Waals surface area (Å²) in [6.07, 6.45) is 5.19. The zero-order valence-corrected chi connectivity index (χ0v) is 17.0. The van der Waals surface area contributed by atoms with E-state index in [4.69, 9.17) is 28.9 Å². The first-order valence-corrected chi connectivity index (χ1v) is 10.00. The number of aromatic nitrogens is 3. The Morgan fingerprint density at radius 1 is 1.25 bits per heavy atom. The summed E-state index contributed by atoms with van der Waals surface area (Å²) in [5.74, 6) is 0.814. The van der Waals surface area contributed by atoms with Gasteiger partial charge in [-0.2, -0.15) is 0 Å². The Labute approximate surface area is 173 Å². The van der Waals surface area contributed by atoms with Crippen LogP contribution < -0.4 is 10.6 Å². The van der Waals surface area contributed by atoms with Crippen molar-refractivity contribution in [1.82, 2.24) is 14.8 Å². The second-order valence-electron chi connectivity index (χ2n) is 7.04. The Morgan fingerprint density at radius 3 is 2.71 bits per heavy atom. The number of fused-ring (bicyclic) bond motifs is 2. The minimum atomic E-state index is -1.09. The summed E-state index contributed by atoms with van der Waals surface area (Å²) in [7, 11) is 0. The van der Waals surface area contributed by atoms with E-state index in [0.29, 0.717) is 37.5 Å². The average Bonchev–Trinajstić information content (AvgIpc) is 3.00. The lowest BCUT2D eigenvalue weighted by Gasteiger charge is -2.32. The molecule has 6 nitrogen and oxygen atoms in total. The number of para-hydroxylation sites is 1. The molecule has 2 aromatic rings. The highest BCUT2D eigenvalue weighted by Gasteiger charge is 2.41. The highest BCUT2D eigenvalue weighted by atomic mass is 35.5. The third kappa shape index (κ3) is 3.26. The first kappa shape index (κ1) is 19.2. The fourth-order valence-corrected chi connectivity index (χ4v) is 4.18. The molecule has 0 saturated carbocycles. The molecule has 146 valence electrons. The first-order valence-electron chi connectivity index (χ1n) is 9.24. The number of allylic oxidation sites excluding steroid dienone is 4. The maximum Gasteiger partial charge on any atom is 0.242 e. The van der Waals surface area contributed by atoms with Crippen LogP contribution in [0.3, 0.4) is 0 Å². The predicted molar refractivity (Wildman–Crippen MR) is 111 cm³/mol. The molecule has 0 radical (unpaired) electrons. The monoisotopic (exact) mass is 417 g/mol. The van der Waals surface area contributed by atoms with Gasteiger partial charge in [-0.25, -0.2) is 0 Å². The Balaban J connectivity index is 1.96. The van der Waals surface area contributed by atoms with Gasteiger partial charge in [0.1, 0.15) is 16.0 Å². The third-order valence-electron chi connectivity index (χ3n) is 5.09. The van der Waals surface area contributed by atoms with E-state index in [1.165, 1.54) is 0 Å². The minimum absolute atomic E-state index is 0.0715. The van der Waals surface area contributed by atoms with E-state index >= 15 is 0 Å². The van der Waals surface area contributed by atoms with Crippen LogP contribution in [0, 0.1) is 6.92 Å². The zero-order valence-electron chi connectivity index (χ0n) is 15.5. The molecule has 2 N–H and O–H groups in total. The minimum Gasteiger partial charge on any atom is -0.330 e. The number of rotatable bonds is 4. The van der Waals surface area contributed by atoms with E-state index < -0.39 is 10.3 Å². The highest BCUT2D eigenvalue weighted by molar-refractivity contribution is 6.50. The molecule has 28 heavy (non-hydrogen) atoms. The van der Waals surface area contributed by atoms with Crippen molar-refractivity contribution >= 4 is 40.5 Å². The van der Waals surface area contributed by atoms with Gasteiger partial charge in [-0.15, -0.1) is 10.2 Å². The quantitative estimate of drug-likeness (QED) is 0.768. The molecule has 0 saturated heterocycles. The number of hydrogen-bond donors (Lipinski definition) is 1. The Kier molecular flexibility index (Phi) is 5.04. The molecule has 1 aliphatic heterocycles. The molecule has 2 heterocycles. The van der Waals surface area contributed by atoms with Gasteiger partial charge in [0.15, 0.2) is 0 Å². The molecule has 1 atom stereocenters. The maximum atomic E-state index is 13.7. The lowest BCUT2D eigenvalue weighted by molar-refractivity contribution is -0.119. The van der Waals surface area contributed by atoms with Crippen molar-refractivity contribution in [2.24, 2.45) is 5.73 Å². The number of amides is 1. The van der Waals surface area contributed by atoms with E-state index in [9.17, 15) is 4.79 Å². The Hall–Kier alpha value is -2.15. The highest BCUT2D eigenvalue weighted by Crippen LogP contribution is 2.44. The number of carbonyl (C=O) groups is 1. The molecule has 1 amide bonds. The molecule has 1 unspecified atom stereocenters. The first-order chi connectivity index (χ1) is 13.4. The van der Waals surface area contributed by atoms with Crippen molar-refractivity contribution < 1.29 is 4.79 Å². The van der Waals surface area contributed by atoms with Crippen LogP contribution in [-0.4, -0.2) is 31.5 Å². The second-order valence-corrected chi connectivity index (χ2v) is 8.58. The van der Waals surface area contributed by atoms with E-state index in [1.807, 2.05) is 47.9 Å². The fourth-order valence-electron chi connectivity index (χ4n) is 3.80. The topological polar surface area (TPSA) is 77.0 Å². The van der Waals surface area contributed by atoms with Gasteiger partial charge < -0.3 is 5.73 Å². The number of hydrogen-bond acceptors (Lipinski definition) is 4. The second kappa shape index (κ2) is 7.35. The van der Waals surface area contributed by atoms with Crippen LogP contribution in [0.1, 0.15) is 36.8 Å². The number of anilines is 1. The molecule has 0 spiro atoms. The lowest BCUT2D eigenvalue weighted by Crippen LogP contribution is -2.36. The molecule has 8 heteroatoms. The average molecular weight is 418 g/mol. The van der Waals surface area contributed by atoms with Crippen LogP contribution in [0.25, 0.3) is 5.70 Å². The number of nitrogens with two attached hydrogens (primary N) is 1. The zero-order chi connectivity index (χ0) is 19.9. The van der Waals surface area contributed by atoms with E-state index in [0.717, 1.165) is 17.1 Å². The standard InChI is InChI=1S/C20H21Cl2N5O/c1-13-24-25-18-15(8-5-11-23)19(28)27(14-6-3-2-4-7-14)17-12-20(21,22)10-9-16(17)26(13)18/h2-4,6-7,9-10,15H,5,8,11-12,23H2,1H3. The van der Waals surface area contributed by atoms with Crippen molar-refractivity contribution in [3.63, 3.8) is 0 Å². The lowest BCUT2D eigenvalue weighted by atomic mass is 9.99. The molecule has 1 aromatic carbocycles. The molecular formula is C20H21Cl2N5O. The smallest absolute Gasteiger partial charge is 0.242 e. The summed E-state index contributed by atoms with van der Waals surface area (Å²) in [6.45, 7) is 2.38. The van der Waals surface area contributed by atoms with Gasteiger partial charge in [0.05, 0.1) is 17.3 Å². The Bertz CT molecular complexity index is 964. The van der Waals surface area contributed by atoms with Crippen molar-refractivity contribution in [2.75, 3.05) is 11.4 Å². The molecule has 1 aromatic heterocycles. The van der Waals surface area contributed by atoms with Crippen LogP contribution in [0.15, 0.2) is 48.2 Å². The third-order valence-corrected chi connectivity index (χ3v) is 5.61. The van der Waals surface area contributed by atoms with Gasteiger partial charge in [0.2, 0.25) is 5.91 Å². The van der Waals surface area contributed by atoms with Crippen LogP contribution in [0.2, 0.25) is 0 Å².